The van der Waals surface area contributed by atoms with Gasteiger partial charge in [-0.15, -0.1) is 0 Å². The Morgan fingerprint density at radius 1 is 1.24 bits per heavy atom. The molecular formula is C17H27NO3. The highest BCUT2D eigenvalue weighted by Gasteiger charge is 2.68. The zero-order valence-electron chi connectivity index (χ0n) is 13.8. The molecule has 0 aromatic heterocycles. The standard InChI is InChI=1S/C17H27NO3/c1-6-11-14(9(2)21-18-11)15-19-13-8-10-7-12(16(10,3)4)17(13,5)20-15/h9-10,12-15H,6-8H2,1-5H3/t9-,10+,12+,13-,14-,15-,17+/m0/s1. The molecule has 21 heavy (non-hydrogen) atoms. The van der Waals surface area contributed by atoms with E-state index in [1.807, 2.05) is 0 Å². The lowest BCUT2D eigenvalue weighted by Gasteiger charge is -2.63. The van der Waals surface area contributed by atoms with Crippen molar-refractivity contribution in [3.63, 3.8) is 0 Å². The van der Waals surface area contributed by atoms with Crippen LogP contribution in [0.5, 0.6) is 0 Å². The van der Waals surface area contributed by atoms with E-state index < -0.39 is 0 Å². The first-order valence-electron chi connectivity index (χ1n) is 8.43. The molecule has 5 rings (SSSR count). The molecule has 0 unspecified atom stereocenters. The lowest BCUT2D eigenvalue weighted by molar-refractivity contribution is -0.212. The second-order valence-electron chi connectivity index (χ2n) is 8.11. The monoisotopic (exact) mass is 293 g/mol. The lowest BCUT2D eigenvalue weighted by atomic mass is 9.43. The van der Waals surface area contributed by atoms with Gasteiger partial charge in [0, 0.05) is 0 Å². The zero-order valence-corrected chi connectivity index (χ0v) is 13.8. The van der Waals surface area contributed by atoms with Crippen LogP contribution in [0, 0.1) is 23.2 Å². The van der Waals surface area contributed by atoms with E-state index in [2.05, 4.69) is 39.8 Å². The van der Waals surface area contributed by atoms with Crippen LogP contribution in [0.3, 0.4) is 0 Å². The molecule has 1 saturated heterocycles. The largest absolute Gasteiger partial charge is 0.392 e. The third kappa shape index (κ3) is 1.66. The Balaban J connectivity index is 1.59. The highest BCUT2D eigenvalue weighted by atomic mass is 16.7. The molecule has 0 N–H and O–H groups in total. The second-order valence-corrected chi connectivity index (χ2v) is 8.11. The Morgan fingerprint density at radius 2 is 2.00 bits per heavy atom. The Kier molecular flexibility index (Phi) is 2.82. The van der Waals surface area contributed by atoms with Gasteiger partial charge >= 0.3 is 0 Å². The zero-order chi connectivity index (χ0) is 15.0. The molecule has 4 nitrogen and oxygen atoms in total. The predicted molar refractivity (Wildman–Crippen MR) is 79.9 cm³/mol. The summed E-state index contributed by atoms with van der Waals surface area (Å²) in [7, 11) is 0. The summed E-state index contributed by atoms with van der Waals surface area (Å²) in [6.07, 6.45) is 3.43. The molecular weight excluding hydrogens is 266 g/mol. The summed E-state index contributed by atoms with van der Waals surface area (Å²) >= 11 is 0. The van der Waals surface area contributed by atoms with Crippen LogP contribution in [-0.2, 0) is 14.3 Å². The Hall–Kier alpha value is -0.610. The molecule has 4 heteroatoms. The quantitative estimate of drug-likeness (QED) is 0.784. The first-order chi connectivity index (χ1) is 9.88. The molecule has 0 amide bonds. The average molecular weight is 293 g/mol. The molecule has 2 bridgehead atoms. The topological polar surface area (TPSA) is 40.0 Å². The molecule has 3 aliphatic carbocycles. The molecule has 2 aliphatic heterocycles. The fourth-order valence-electron chi connectivity index (χ4n) is 5.28. The number of oxime groups is 1. The van der Waals surface area contributed by atoms with Crippen LogP contribution < -0.4 is 0 Å². The maximum atomic E-state index is 6.54. The molecule has 7 atom stereocenters. The Labute approximate surface area is 127 Å². The number of ether oxygens (including phenoxy) is 2. The van der Waals surface area contributed by atoms with Gasteiger partial charge in [-0.25, -0.2) is 0 Å². The Morgan fingerprint density at radius 3 is 2.67 bits per heavy atom. The highest BCUT2D eigenvalue weighted by Crippen LogP contribution is 2.66. The number of rotatable bonds is 2. The van der Waals surface area contributed by atoms with Gasteiger partial charge in [-0.1, -0.05) is 25.9 Å². The molecule has 3 saturated carbocycles. The molecule has 0 aromatic carbocycles. The van der Waals surface area contributed by atoms with Gasteiger partial charge in [0.2, 0.25) is 0 Å². The minimum atomic E-state index is -0.189. The van der Waals surface area contributed by atoms with E-state index in [4.69, 9.17) is 14.3 Å². The molecule has 0 aromatic rings. The van der Waals surface area contributed by atoms with Crippen LogP contribution >= 0.6 is 0 Å². The van der Waals surface area contributed by atoms with Gasteiger partial charge in [0.25, 0.3) is 0 Å². The van der Waals surface area contributed by atoms with Crippen LogP contribution in [0.4, 0.5) is 0 Å². The third-order valence-corrected chi connectivity index (χ3v) is 6.85. The van der Waals surface area contributed by atoms with E-state index >= 15 is 0 Å². The first kappa shape index (κ1) is 14.0. The van der Waals surface area contributed by atoms with E-state index in [9.17, 15) is 0 Å². The predicted octanol–water partition coefficient (Wildman–Crippen LogP) is 3.35. The average Bonchev–Trinajstić information content (AvgIpc) is 2.96. The summed E-state index contributed by atoms with van der Waals surface area (Å²) in [6.45, 7) is 11.2. The van der Waals surface area contributed by atoms with Crippen LogP contribution in [0.1, 0.15) is 53.9 Å². The van der Waals surface area contributed by atoms with Crippen LogP contribution in [0.25, 0.3) is 0 Å². The molecule has 2 heterocycles. The maximum absolute atomic E-state index is 6.54. The summed E-state index contributed by atoms with van der Waals surface area (Å²) in [4.78, 5) is 5.47. The lowest BCUT2D eigenvalue weighted by Crippen LogP contribution is -2.65. The highest BCUT2D eigenvalue weighted by molar-refractivity contribution is 5.88. The van der Waals surface area contributed by atoms with E-state index in [0.717, 1.165) is 24.5 Å². The van der Waals surface area contributed by atoms with Gasteiger partial charge in [-0.2, -0.15) is 0 Å². The van der Waals surface area contributed by atoms with Gasteiger partial charge in [0.15, 0.2) is 6.29 Å². The first-order valence-corrected chi connectivity index (χ1v) is 8.43. The van der Waals surface area contributed by atoms with E-state index in [0.29, 0.717) is 11.3 Å². The van der Waals surface area contributed by atoms with Crippen LogP contribution in [0.15, 0.2) is 5.16 Å². The van der Waals surface area contributed by atoms with Crippen molar-refractivity contribution in [2.75, 3.05) is 0 Å². The van der Waals surface area contributed by atoms with Crippen molar-refractivity contribution >= 4 is 5.71 Å². The van der Waals surface area contributed by atoms with Crippen LogP contribution in [-0.4, -0.2) is 29.8 Å². The van der Waals surface area contributed by atoms with Crippen molar-refractivity contribution < 1.29 is 14.3 Å². The summed E-state index contributed by atoms with van der Waals surface area (Å²) in [5.41, 5.74) is 1.34. The van der Waals surface area contributed by atoms with E-state index in [-0.39, 0.29) is 30.0 Å². The van der Waals surface area contributed by atoms with Crippen molar-refractivity contribution in [3.8, 4) is 0 Å². The summed E-state index contributed by atoms with van der Waals surface area (Å²) in [5.74, 6) is 1.55. The summed E-state index contributed by atoms with van der Waals surface area (Å²) in [6, 6.07) is 0. The second kappa shape index (κ2) is 4.23. The smallest absolute Gasteiger partial charge is 0.170 e. The van der Waals surface area contributed by atoms with Gasteiger partial charge in [0.1, 0.15) is 6.10 Å². The van der Waals surface area contributed by atoms with Gasteiger partial charge in [-0.3, -0.25) is 0 Å². The minimum absolute atomic E-state index is 0.0525. The van der Waals surface area contributed by atoms with Gasteiger partial charge < -0.3 is 14.3 Å². The van der Waals surface area contributed by atoms with E-state index in [1.54, 1.807) is 0 Å². The molecule has 5 aliphatic rings. The van der Waals surface area contributed by atoms with Crippen molar-refractivity contribution in [3.05, 3.63) is 0 Å². The number of nitrogens with zero attached hydrogens (tertiary/aromatic N) is 1. The van der Waals surface area contributed by atoms with Crippen molar-refractivity contribution in [2.24, 2.45) is 28.3 Å². The number of hydrogen-bond donors (Lipinski definition) is 0. The molecule has 4 fully saturated rings. The van der Waals surface area contributed by atoms with Crippen LogP contribution in [0.2, 0.25) is 0 Å². The normalized spacial score (nSPS) is 53.7. The minimum Gasteiger partial charge on any atom is -0.392 e. The number of hydrogen-bond acceptors (Lipinski definition) is 4. The molecule has 118 valence electrons. The summed E-state index contributed by atoms with van der Waals surface area (Å²) in [5, 5.41) is 4.22. The molecule has 0 spiro atoms. The third-order valence-electron chi connectivity index (χ3n) is 6.85. The summed E-state index contributed by atoms with van der Waals surface area (Å²) < 4.78 is 12.9. The maximum Gasteiger partial charge on any atom is 0.170 e. The van der Waals surface area contributed by atoms with Crippen molar-refractivity contribution in [1.82, 2.24) is 0 Å². The van der Waals surface area contributed by atoms with Crippen molar-refractivity contribution in [1.29, 1.82) is 0 Å². The van der Waals surface area contributed by atoms with Gasteiger partial charge in [-0.05, 0) is 50.4 Å². The molecule has 0 radical (unpaired) electrons. The van der Waals surface area contributed by atoms with E-state index in [1.165, 1.54) is 6.42 Å². The fourth-order valence-corrected chi connectivity index (χ4v) is 5.28. The van der Waals surface area contributed by atoms with Crippen molar-refractivity contribution in [2.45, 2.75) is 78.0 Å². The van der Waals surface area contributed by atoms with Gasteiger partial charge in [0.05, 0.1) is 23.3 Å². The fraction of sp³-hybridized carbons (Fsp3) is 0.941. The Bertz CT molecular complexity index is 488. The SMILES string of the molecule is CCC1=NO[C@@H](C)[C@@H]1[C@H]1O[C@H]2C[C@H]3C[C@H](C3(C)C)[C@@]2(C)O1.